The van der Waals surface area contributed by atoms with E-state index in [1.54, 1.807) is 0 Å². The van der Waals surface area contributed by atoms with Gasteiger partial charge >= 0.3 is 0 Å². The predicted octanol–water partition coefficient (Wildman–Crippen LogP) is 4.37. The standard InChI is InChI=1S/C15H17BrN4S/c1-4-12-13-14(19(3)18-12)20(15(21)17-13)9(2)10-5-7-11(16)8-6-10/h5-9H,4H2,1-3H3,(H,17,21). The Labute approximate surface area is 136 Å². The molecule has 4 nitrogen and oxygen atoms in total. The lowest BCUT2D eigenvalue weighted by molar-refractivity contribution is 0.619. The normalized spacial score (nSPS) is 13.0. The molecule has 21 heavy (non-hydrogen) atoms. The molecule has 0 fully saturated rings. The fourth-order valence-electron chi connectivity index (χ4n) is 2.73. The van der Waals surface area contributed by atoms with E-state index in [1.165, 1.54) is 5.56 Å². The van der Waals surface area contributed by atoms with Gasteiger partial charge in [-0.3, -0.25) is 9.25 Å². The van der Waals surface area contributed by atoms with Gasteiger partial charge in [0.2, 0.25) is 0 Å². The van der Waals surface area contributed by atoms with E-state index in [-0.39, 0.29) is 6.04 Å². The lowest BCUT2D eigenvalue weighted by Crippen LogP contribution is -2.09. The van der Waals surface area contributed by atoms with Crippen LogP contribution in [0.5, 0.6) is 0 Å². The molecule has 0 radical (unpaired) electrons. The summed E-state index contributed by atoms with van der Waals surface area (Å²) >= 11 is 9.01. The minimum absolute atomic E-state index is 0.152. The number of imidazole rings is 1. The first-order valence-corrected chi connectivity index (χ1v) is 8.14. The van der Waals surface area contributed by atoms with E-state index in [2.05, 4.69) is 68.7 Å². The lowest BCUT2D eigenvalue weighted by atomic mass is 10.1. The highest BCUT2D eigenvalue weighted by Crippen LogP contribution is 2.26. The fraction of sp³-hybridized carbons (Fsp3) is 0.333. The highest BCUT2D eigenvalue weighted by Gasteiger charge is 2.18. The second-order valence-electron chi connectivity index (χ2n) is 5.15. The maximum Gasteiger partial charge on any atom is 0.179 e. The number of aromatic nitrogens is 4. The van der Waals surface area contributed by atoms with Crippen LogP contribution in [-0.4, -0.2) is 19.3 Å². The molecule has 0 aliphatic heterocycles. The molecule has 1 atom stereocenters. The topological polar surface area (TPSA) is 38.5 Å². The summed E-state index contributed by atoms with van der Waals surface area (Å²) < 4.78 is 5.87. The van der Waals surface area contributed by atoms with E-state index in [9.17, 15) is 0 Å². The van der Waals surface area contributed by atoms with Gasteiger partial charge in [0.1, 0.15) is 5.52 Å². The van der Waals surface area contributed by atoms with Gasteiger partial charge in [0, 0.05) is 11.5 Å². The monoisotopic (exact) mass is 364 g/mol. The molecule has 3 rings (SSSR count). The van der Waals surface area contributed by atoms with Crippen molar-refractivity contribution in [3.8, 4) is 0 Å². The van der Waals surface area contributed by atoms with Crippen molar-refractivity contribution < 1.29 is 0 Å². The average Bonchev–Trinajstić information content (AvgIpc) is 2.95. The van der Waals surface area contributed by atoms with Gasteiger partial charge in [-0.2, -0.15) is 5.10 Å². The van der Waals surface area contributed by atoms with Crippen LogP contribution >= 0.6 is 28.1 Å². The molecule has 110 valence electrons. The number of hydrogen-bond acceptors (Lipinski definition) is 2. The van der Waals surface area contributed by atoms with Gasteiger partial charge in [-0.05, 0) is 43.3 Å². The van der Waals surface area contributed by atoms with Crippen molar-refractivity contribution in [1.82, 2.24) is 19.3 Å². The number of rotatable bonds is 3. The molecule has 0 saturated heterocycles. The maximum absolute atomic E-state index is 5.53. The highest BCUT2D eigenvalue weighted by molar-refractivity contribution is 9.10. The number of fused-ring (bicyclic) bond motifs is 1. The first kappa shape index (κ1) is 14.5. The van der Waals surface area contributed by atoms with Crippen LogP contribution in [0.3, 0.4) is 0 Å². The Kier molecular flexibility index (Phi) is 3.75. The Hall–Kier alpha value is -1.40. The summed E-state index contributed by atoms with van der Waals surface area (Å²) in [5.74, 6) is 0. The molecule has 0 aliphatic rings. The van der Waals surface area contributed by atoms with Gasteiger partial charge < -0.3 is 4.98 Å². The summed E-state index contributed by atoms with van der Waals surface area (Å²) in [5.41, 5.74) is 4.37. The van der Waals surface area contributed by atoms with Crippen LogP contribution in [0.2, 0.25) is 0 Å². The number of nitrogens with zero attached hydrogens (tertiary/aromatic N) is 3. The first-order valence-electron chi connectivity index (χ1n) is 6.94. The van der Waals surface area contributed by atoms with Crippen molar-refractivity contribution in [1.29, 1.82) is 0 Å². The number of hydrogen-bond donors (Lipinski definition) is 1. The maximum atomic E-state index is 5.53. The molecule has 0 saturated carbocycles. The Balaban J connectivity index is 2.20. The first-order chi connectivity index (χ1) is 10.0. The van der Waals surface area contributed by atoms with Crippen LogP contribution < -0.4 is 0 Å². The molecule has 3 aromatic rings. The SMILES string of the molecule is CCc1nn(C)c2c1[nH]c(=S)n2C(C)c1ccc(Br)cc1. The quantitative estimate of drug-likeness (QED) is 0.700. The van der Waals surface area contributed by atoms with Gasteiger partial charge in [0.25, 0.3) is 0 Å². The van der Waals surface area contributed by atoms with Gasteiger partial charge in [0.05, 0.1) is 11.7 Å². The zero-order valence-corrected chi connectivity index (χ0v) is 14.6. The summed E-state index contributed by atoms with van der Waals surface area (Å²) in [5, 5.41) is 4.57. The fourth-order valence-corrected chi connectivity index (χ4v) is 3.35. The van der Waals surface area contributed by atoms with E-state index >= 15 is 0 Å². The smallest absolute Gasteiger partial charge is 0.179 e. The summed E-state index contributed by atoms with van der Waals surface area (Å²) in [6.07, 6.45) is 0.888. The van der Waals surface area contributed by atoms with Crippen molar-refractivity contribution in [2.75, 3.05) is 0 Å². The Bertz CT molecular complexity index is 841. The largest absolute Gasteiger partial charge is 0.328 e. The molecule has 0 spiro atoms. The van der Waals surface area contributed by atoms with Gasteiger partial charge in [-0.1, -0.05) is 35.0 Å². The predicted molar refractivity (Wildman–Crippen MR) is 91.2 cm³/mol. The van der Waals surface area contributed by atoms with Crippen molar-refractivity contribution >= 4 is 39.3 Å². The van der Waals surface area contributed by atoms with Crippen molar-refractivity contribution in [3.05, 3.63) is 44.8 Å². The van der Waals surface area contributed by atoms with Gasteiger partial charge in [-0.25, -0.2) is 0 Å². The van der Waals surface area contributed by atoms with Crippen LogP contribution in [0.4, 0.5) is 0 Å². The molecule has 0 amide bonds. The third-order valence-electron chi connectivity index (χ3n) is 3.84. The third-order valence-corrected chi connectivity index (χ3v) is 4.67. The molecule has 2 heterocycles. The van der Waals surface area contributed by atoms with E-state index in [1.807, 2.05) is 11.7 Å². The number of aromatic amines is 1. The summed E-state index contributed by atoms with van der Waals surface area (Å²) in [6, 6.07) is 8.50. The van der Waals surface area contributed by atoms with E-state index in [4.69, 9.17) is 12.2 Å². The second kappa shape index (κ2) is 5.42. The van der Waals surface area contributed by atoms with Gasteiger partial charge in [0.15, 0.2) is 10.4 Å². The number of nitrogens with one attached hydrogen (secondary N) is 1. The second-order valence-corrected chi connectivity index (χ2v) is 6.45. The molecule has 1 unspecified atom stereocenters. The number of H-pyrrole nitrogens is 1. The highest BCUT2D eigenvalue weighted by atomic mass is 79.9. The van der Waals surface area contributed by atoms with Crippen molar-refractivity contribution in [2.24, 2.45) is 7.05 Å². The van der Waals surface area contributed by atoms with E-state index in [0.29, 0.717) is 0 Å². The molecule has 0 bridgehead atoms. The summed E-state index contributed by atoms with van der Waals surface area (Å²) in [4.78, 5) is 3.31. The molecule has 1 N–H and O–H groups in total. The van der Waals surface area contributed by atoms with Gasteiger partial charge in [-0.15, -0.1) is 0 Å². The lowest BCUT2D eigenvalue weighted by Gasteiger charge is -2.15. The zero-order chi connectivity index (χ0) is 15.1. The Morgan fingerprint density at radius 1 is 1.33 bits per heavy atom. The molecule has 0 aliphatic carbocycles. The van der Waals surface area contributed by atoms with Crippen LogP contribution in [-0.2, 0) is 13.5 Å². The van der Waals surface area contributed by atoms with Crippen molar-refractivity contribution in [3.63, 3.8) is 0 Å². The van der Waals surface area contributed by atoms with Crippen LogP contribution in [0, 0.1) is 4.77 Å². The van der Waals surface area contributed by atoms with E-state index < -0.39 is 0 Å². The summed E-state index contributed by atoms with van der Waals surface area (Å²) in [6.45, 7) is 4.26. The van der Waals surface area contributed by atoms with E-state index in [0.717, 1.165) is 32.5 Å². The third kappa shape index (κ3) is 2.36. The molecular weight excluding hydrogens is 348 g/mol. The molecular formula is C15H17BrN4S. The van der Waals surface area contributed by atoms with Crippen LogP contribution in [0.15, 0.2) is 28.7 Å². The average molecular weight is 365 g/mol. The molecule has 6 heteroatoms. The molecule has 2 aromatic heterocycles. The minimum atomic E-state index is 0.152. The number of aryl methyl sites for hydroxylation is 2. The number of halogens is 1. The molecule has 1 aromatic carbocycles. The minimum Gasteiger partial charge on any atom is -0.328 e. The van der Waals surface area contributed by atoms with Crippen molar-refractivity contribution in [2.45, 2.75) is 26.3 Å². The number of benzene rings is 1. The summed E-state index contributed by atoms with van der Waals surface area (Å²) in [7, 11) is 1.97. The zero-order valence-electron chi connectivity index (χ0n) is 12.2. The Morgan fingerprint density at radius 3 is 2.62 bits per heavy atom. The van der Waals surface area contributed by atoms with Crippen LogP contribution in [0.25, 0.3) is 11.2 Å². The van der Waals surface area contributed by atoms with Crippen LogP contribution in [0.1, 0.15) is 31.1 Å². The Morgan fingerprint density at radius 2 is 2.00 bits per heavy atom.